The Bertz CT molecular complexity index is 486. The van der Waals surface area contributed by atoms with Crippen LogP contribution in [0.3, 0.4) is 0 Å². The molecule has 0 aromatic heterocycles. The molecule has 0 amide bonds. The van der Waals surface area contributed by atoms with Crippen molar-refractivity contribution in [1.82, 2.24) is 0 Å². The van der Waals surface area contributed by atoms with Crippen molar-refractivity contribution in [3.8, 4) is 11.5 Å². The van der Waals surface area contributed by atoms with Gasteiger partial charge < -0.3 is 9.84 Å². The Morgan fingerprint density at radius 1 is 1.35 bits per heavy atom. The van der Waals surface area contributed by atoms with Crippen LogP contribution in [-0.2, 0) is 0 Å². The van der Waals surface area contributed by atoms with E-state index in [9.17, 15) is 9.90 Å². The Balaban J connectivity index is 2.91. The second-order valence-corrected chi connectivity index (χ2v) is 5.75. The second kappa shape index (κ2) is 7.13. The number of carbonyl (C=O) groups is 1. The van der Waals surface area contributed by atoms with Crippen LogP contribution in [-0.4, -0.2) is 17.5 Å². The Kier molecular flexibility index (Phi) is 5.81. The fraction of sp³-hybridized carbons (Fsp3) is 0.471. The van der Waals surface area contributed by atoms with E-state index < -0.39 is 0 Å². The van der Waals surface area contributed by atoms with Crippen LogP contribution in [0.1, 0.15) is 50.0 Å². The fourth-order valence-electron chi connectivity index (χ4n) is 1.96. The van der Waals surface area contributed by atoms with Gasteiger partial charge in [0.25, 0.3) is 0 Å². The van der Waals surface area contributed by atoms with Crippen LogP contribution >= 0.6 is 0 Å². The number of allylic oxidation sites excluding steroid dienone is 1. The molecule has 0 atom stereocenters. The van der Waals surface area contributed by atoms with E-state index in [1.165, 1.54) is 11.6 Å². The molecule has 0 saturated carbocycles. The molecule has 0 spiro atoms. The zero-order chi connectivity index (χ0) is 15.3. The van der Waals surface area contributed by atoms with Crippen molar-refractivity contribution in [2.24, 2.45) is 5.92 Å². The largest absolute Gasteiger partial charge is 0.507 e. The third kappa shape index (κ3) is 4.72. The smallest absolute Gasteiger partial charge is 0.167 e. The first-order chi connectivity index (χ1) is 9.31. The van der Waals surface area contributed by atoms with Gasteiger partial charge in [0.2, 0.25) is 0 Å². The van der Waals surface area contributed by atoms with Crippen LogP contribution in [0.15, 0.2) is 23.8 Å². The minimum Gasteiger partial charge on any atom is -0.507 e. The summed E-state index contributed by atoms with van der Waals surface area (Å²) in [7, 11) is 0. The molecule has 1 aromatic carbocycles. The summed E-state index contributed by atoms with van der Waals surface area (Å²) in [5.41, 5.74) is 2.34. The van der Waals surface area contributed by atoms with Gasteiger partial charge in [0.1, 0.15) is 18.1 Å². The average molecular weight is 276 g/mol. The number of phenols is 1. The van der Waals surface area contributed by atoms with Gasteiger partial charge in [-0.25, -0.2) is 0 Å². The molecule has 0 heterocycles. The van der Waals surface area contributed by atoms with Crippen LogP contribution in [0.4, 0.5) is 0 Å². The zero-order valence-electron chi connectivity index (χ0n) is 13.0. The van der Waals surface area contributed by atoms with E-state index in [4.69, 9.17) is 4.74 Å². The first-order valence-corrected chi connectivity index (χ1v) is 6.94. The minimum absolute atomic E-state index is 0.00264. The van der Waals surface area contributed by atoms with Crippen molar-refractivity contribution >= 4 is 5.78 Å². The molecule has 110 valence electrons. The van der Waals surface area contributed by atoms with Gasteiger partial charge in [-0.2, -0.15) is 0 Å². The number of aryl methyl sites for hydroxylation is 1. The number of aromatic hydroxyl groups is 1. The third-order valence-electron chi connectivity index (χ3n) is 2.90. The predicted molar refractivity (Wildman–Crippen MR) is 81.6 cm³/mol. The quantitative estimate of drug-likeness (QED) is 0.623. The number of ketones is 1. The summed E-state index contributed by atoms with van der Waals surface area (Å²) in [5.74, 6) is 0.835. The van der Waals surface area contributed by atoms with Crippen LogP contribution < -0.4 is 4.74 Å². The van der Waals surface area contributed by atoms with Gasteiger partial charge in [-0.1, -0.05) is 19.4 Å². The highest BCUT2D eigenvalue weighted by molar-refractivity contribution is 6.00. The second-order valence-electron chi connectivity index (χ2n) is 5.75. The van der Waals surface area contributed by atoms with Crippen molar-refractivity contribution in [2.75, 3.05) is 6.61 Å². The molecule has 0 aliphatic rings. The predicted octanol–water partition coefficient (Wildman–Crippen LogP) is 4.27. The summed E-state index contributed by atoms with van der Waals surface area (Å²) in [6, 6.07) is 3.31. The molecular formula is C17H24O3. The van der Waals surface area contributed by atoms with Crippen LogP contribution in [0, 0.1) is 12.8 Å². The number of phenolic OH excluding ortho intramolecular Hbond substituents is 1. The Labute approximate surface area is 121 Å². The molecule has 3 nitrogen and oxygen atoms in total. The van der Waals surface area contributed by atoms with Crippen molar-refractivity contribution in [2.45, 2.75) is 41.0 Å². The molecule has 3 heteroatoms. The monoisotopic (exact) mass is 276 g/mol. The van der Waals surface area contributed by atoms with Gasteiger partial charge in [-0.05, 0) is 44.4 Å². The topological polar surface area (TPSA) is 46.5 Å². The van der Waals surface area contributed by atoms with Crippen LogP contribution in [0.5, 0.6) is 11.5 Å². The van der Waals surface area contributed by atoms with Crippen molar-refractivity contribution in [3.63, 3.8) is 0 Å². The first kappa shape index (κ1) is 16.3. The van der Waals surface area contributed by atoms with E-state index in [1.54, 1.807) is 6.07 Å². The summed E-state index contributed by atoms with van der Waals surface area (Å²) in [6.07, 6.45) is 2.40. The average Bonchev–Trinajstić information content (AvgIpc) is 2.26. The number of Topliss-reactive ketones (excluding diaryl/α,β-unsaturated/α-hetero) is 1. The third-order valence-corrected chi connectivity index (χ3v) is 2.90. The summed E-state index contributed by atoms with van der Waals surface area (Å²) in [6.45, 7) is 10.3. The van der Waals surface area contributed by atoms with Gasteiger partial charge in [-0.15, -0.1) is 0 Å². The minimum atomic E-state index is -0.0224. The normalized spacial score (nSPS) is 10.5. The number of carbonyl (C=O) groups excluding carboxylic acids is 1. The van der Waals surface area contributed by atoms with Crippen molar-refractivity contribution in [1.29, 1.82) is 0 Å². The lowest BCUT2D eigenvalue weighted by atomic mass is 9.96. The van der Waals surface area contributed by atoms with E-state index >= 15 is 0 Å². The lowest BCUT2D eigenvalue weighted by Crippen LogP contribution is -2.06. The maximum absolute atomic E-state index is 12.1. The molecule has 0 aliphatic heterocycles. The standard InChI is InChI=1S/C17H24O3/c1-11(2)6-7-20-14-9-13(5)17(16(19)10-14)15(18)8-12(3)4/h6,9-10,12,19H,7-8H2,1-5H3. The van der Waals surface area contributed by atoms with E-state index in [1.807, 2.05) is 40.7 Å². The van der Waals surface area contributed by atoms with Crippen molar-refractivity contribution < 1.29 is 14.6 Å². The molecule has 20 heavy (non-hydrogen) atoms. The number of benzene rings is 1. The highest BCUT2D eigenvalue weighted by Crippen LogP contribution is 2.29. The number of ether oxygens (including phenoxy) is 1. The molecule has 0 aliphatic carbocycles. The maximum atomic E-state index is 12.1. The van der Waals surface area contributed by atoms with Crippen LogP contribution in [0.2, 0.25) is 0 Å². The molecule has 1 rings (SSSR count). The Morgan fingerprint density at radius 2 is 2.00 bits per heavy atom. The number of hydrogen-bond donors (Lipinski definition) is 1. The van der Waals surface area contributed by atoms with E-state index in [-0.39, 0.29) is 17.5 Å². The molecule has 1 aromatic rings. The lowest BCUT2D eigenvalue weighted by molar-refractivity contribution is 0.0964. The van der Waals surface area contributed by atoms with E-state index in [0.717, 1.165) is 5.56 Å². The number of hydrogen-bond acceptors (Lipinski definition) is 3. The van der Waals surface area contributed by atoms with Gasteiger partial charge in [0.05, 0.1) is 5.56 Å². The SMILES string of the molecule is CC(C)=CCOc1cc(C)c(C(=O)CC(C)C)c(O)c1. The molecule has 0 bridgehead atoms. The molecule has 1 N–H and O–H groups in total. The summed E-state index contributed by atoms with van der Waals surface area (Å²) >= 11 is 0. The number of rotatable bonds is 6. The van der Waals surface area contributed by atoms with Crippen molar-refractivity contribution in [3.05, 3.63) is 34.9 Å². The van der Waals surface area contributed by atoms with Crippen LogP contribution in [0.25, 0.3) is 0 Å². The fourth-order valence-corrected chi connectivity index (χ4v) is 1.96. The highest BCUT2D eigenvalue weighted by atomic mass is 16.5. The summed E-state index contributed by atoms with van der Waals surface area (Å²) in [5, 5.41) is 10.0. The zero-order valence-corrected chi connectivity index (χ0v) is 13.0. The van der Waals surface area contributed by atoms with Gasteiger partial charge in [0.15, 0.2) is 5.78 Å². The van der Waals surface area contributed by atoms with E-state index in [0.29, 0.717) is 24.3 Å². The Morgan fingerprint density at radius 3 is 2.50 bits per heavy atom. The van der Waals surface area contributed by atoms with Gasteiger partial charge in [-0.3, -0.25) is 4.79 Å². The Hall–Kier alpha value is -1.77. The molecular weight excluding hydrogens is 252 g/mol. The molecule has 0 saturated heterocycles. The van der Waals surface area contributed by atoms with E-state index in [2.05, 4.69) is 0 Å². The molecule has 0 unspecified atom stereocenters. The molecule has 0 fully saturated rings. The maximum Gasteiger partial charge on any atom is 0.167 e. The summed E-state index contributed by atoms with van der Waals surface area (Å²) < 4.78 is 5.55. The summed E-state index contributed by atoms with van der Waals surface area (Å²) in [4.78, 5) is 12.1. The molecule has 0 radical (unpaired) electrons. The lowest BCUT2D eigenvalue weighted by Gasteiger charge is -2.12. The highest BCUT2D eigenvalue weighted by Gasteiger charge is 2.16. The van der Waals surface area contributed by atoms with Gasteiger partial charge >= 0.3 is 0 Å². The first-order valence-electron chi connectivity index (χ1n) is 6.94. The van der Waals surface area contributed by atoms with Gasteiger partial charge in [0, 0.05) is 12.5 Å².